The number of carbonyl (C=O) groups excluding carboxylic acids is 1. The Labute approximate surface area is 163 Å². The van der Waals surface area contributed by atoms with Crippen molar-refractivity contribution in [3.8, 4) is 5.75 Å². The first-order chi connectivity index (χ1) is 12.5. The minimum atomic E-state index is -0.247. The van der Waals surface area contributed by atoms with E-state index in [1.165, 1.54) is 18.4 Å². The zero-order valence-electron chi connectivity index (χ0n) is 14.6. The van der Waals surface area contributed by atoms with Gasteiger partial charge in [-0.15, -0.1) is 0 Å². The highest BCUT2D eigenvalue weighted by Crippen LogP contribution is 2.41. The van der Waals surface area contributed by atoms with E-state index in [0.29, 0.717) is 22.3 Å². The molecule has 0 spiro atoms. The number of benzene rings is 2. The smallest absolute Gasteiger partial charge is 0.319 e. The van der Waals surface area contributed by atoms with Crippen molar-refractivity contribution < 1.29 is 9.53 Å². The lowest BCUT2D eigenvalue weighted by molar-refractivity contribution is 0.248. The molecular formula is C20H22Cl2N2O2. The first-order valence-corrected chi connectivity index (χ1v) is 9.42. The molecular weight excluding hydrogens is 371 g/mol. The fourth-order valence-electron chi connectivity index (χ4n) is 3.56. The van der Waals surface area contributed by atoms with Gasteiger partial charge >= 0.3 is 6.03 Å². The van der Waals surface area contributed by atoms with Crippen molar-refractivity contribution in [2.45, 2.75) is 31.1 Å². The molecule has 26 heavy (non-hydrogen) atoms. The van der Waals surface area contributed by atoms with E-state index in [2.05, 4.69) is 22.8 Å². The van der Waals surface area contributed by atoms with Crippen LogP contribution in [0.25, 0.3) is 0 Å². The van der Waals surface area contributed by atoms with Gasteiger partial charge in [-0.05, 0) is 48.7 Å². The number of amides is 2. The predicted octanol–water partition coefficient (Wildman–Crippen LogP) is 5.64. The van der Waals surface area contributed by atoms with Gasteiger partial charge < -0.3 is 15.4 Å². The SMILES string of the molecule is COc1ccc(C2(CNC(=O)Nc3ccc(Cl)c(Cl)c3)CCCC2)cc1. The normalized spacial score (nSPS) is 15.5. The largest absolute Gasteiger partial charge is 0.497 e. The molecule has 2 amide bonds. The molecule has 4 nitrogen and oxygen atoms in total. The first kappa shape index (κ1) is 18.9. The monoisotopic (exact) mass is 392 g/mol. The quantitative estimate of drug-likeness (QED) is 0.691. The van der Waals surface area contributed by atoms with Crippen LogP contribution in [0.15, 0.2) is 42.5 Å². The zero-order valence-corrected chi connectivity index (χ0v) is 16.2. The lowest BCUT2D eigenvalue weighted by Crippen LogP contribution is -2.40. The number of rotatable bonds is 5. The topological polar surface area (TPSA) is 50.4 Å². The highest BCUT2D eigenvalue weighted by Gasteiger charge is 2.35. The number of ether oxygens (including phenoxy) is 1. The summed E-state index contributed by atoms with van der Waals surface area (Å²) in [5.41, 5.74) is 1.83. The maximum atomic E-state index is 12.3. The molecule has 0 saturated heterocycles. The number of hydrogen-bond acceptors (Lipinski definition) is 2. The van der Waals surface area contributed by atoms with Gasteiger partial charge in [0.25, 0.3) is 0 Å². The summed E-state index contributed by atoms with van der Waals surface area (Å²) >= 11 is 11.9. The Bertz CT molecular complexity index is 772. The Balaban J connectivity index is 1.66. The third kappa shape index (κ3) is 4.25. The zero-order chi connectivity index (χ0) is 18.6. The van der Waals surface area contributed by atoms with Crippen LogP contribution < -0.4 is 15.4 Å². The van der Waals surface area contributed by atoms with E-state index in [1.807, 2.05) is 12.1 Å². The van der Waals surface area contributed by atoms with E-state index in [9.17, 15) is 4.79 Å². The molecule has 2 N–H and O–H groups in total. The number of anilines is 1. The van der Waals surface area contributed by atoms with Gasteiger partial charge in [-0.25, -0.2) is 4.79 Å². The van der Waals surface area contributed by atoms with Crippen LogP contribution in [-0.2, 0) is 5.41 Å². The van der Waals surface area contributed by atoms with E-state index < -0.39 is 0 Å². The minimum Gasteiger partial charge on any atom is -0.497 e. The van der Waals surface area contributed by atoms with E-state index in [4.69, 9.17) is 27.9 Å². The molecule has 3 rings (SSSR count). The van der Waals surface area contributed by atoms with Gasteiger partial charge in [0, 0.05) is 17.6 Å². The molecule has 0 aliphatic heterocycles. The number of urea groups is 1. The van der Waals surface area contributed by atoms with Crippen LogP contribution in [0, 0.1) is 0 Å². The molecule has 0 heterocycles. The molecule has 0 bridgehead atoms. The summed E-state index contributed by atoms with van der Waals surface area (Å²) in [6.45, 7) is 0.590. The average Bonchev–Trinajstić information content (AvgIpc) is 3.13. The lowest BCUT2D eigenvalue weighted by atomic mass is 9.79. The van der Waals surface area contributed by atoms with Gasteiger partial charge in [0.2, 0.25) is 0 Å². The molecule has 6 heteroatoms. The standard InChI is InChI=1S/C20H22Cl2N2O2/c1-26-16-7-4-14(5-8-16)20(10-2-3-11-20)13-23-19(25)24-15-6-9-17(21)18(22)12-15/h4-9,12H,2-3,10-11,13H2,1H3,(H2,23,24,25). The second kappa shape index (κ2) is 8.19. The molecule has 0 radical (unpaired) electrons. The molecule has 0 atom stereocenters. The second-order valence-corrected chi connectivity index (χ2v) is 7.47. The molecule has 1 aliphatic rings. The molecule has 0 aromatic heterocycles. The molecule has 138 valence electrons. The summed E-state index contributed by atoms with van der Waals surface area (Å²) in [4.78, 5) is 12.3. The first-order valence-electron chi connectivity index (χ1n) is 8.67. The van der Waals surface area contributed by atoms with Crippen molar-refractivity contribution in [3.05, 3.63) is 58.1 Å². The van der Waals surface area contributed by atoms with Crippen LogP contribution in [0.2, 0.25) is 10.0 Å². The van der Waals surface area contributed by atoms with E-state index in [0.717, 1.165) is 18.6 Å². The fourth-order valence-corrected chi connectivity index (χ4v) is 3.86. The van der Waals surface area contributed by atoms with Crippen LogP contribution in [0.3, 0.4) is 0 Å². The Morgan fingerprint density at radius 1 is 1.08 bits per heavy atom. The summed E-state index contributed by atoms with van der Waals surface area (Å²) in [6, 6.07) is 12.9. The fraction of sp³-hybridized carbons (Fsp3) is 0.350. The minimum absolute atomic E-state index is 0.0265. The van der Waals surface area contributed by atoms with Crippen molar-refractivity contribution in [1.82, 2.24) is 5.32 Å². The average molecular weight is 393 g/mol. The lowest BCUT2D eigenvalue weighted by Gasteiger charge is -2.30. The summed E-state index contributed by atoms with van der Waals surface area (Å²) in [7, 11) is 1.66. The van der Waals surface area contributed by atoms with Crippen molar-refractivity contribution in [2.24, 2.45) is 0 Å². The highest BCUT2D eigenvalue weighted by molar-refractivity contribution is 6.42. The number of halogens is 2. The summed E-state index contributed by atoms with van der Waals surface area (Å²) in [5, 5.41) is 6.70. The Morgan fingerprint density at radius 3 is 2.38 bits per heavy atom. The van der Waals surface area contributed by atoms with Gasteiger partial charge in [-0.3, -0.25) is 0 Å². The van der Waals surface area contributed by atoms with Crippen molar-refractivity contribution in [3.63, 3.8) is 0 Å². The summed E-state index contributed by atoms with van der Waals surface area (Å²) in [5.74, 6) is 0.840. The van der Waals surface area contributed by atoms with Crippen molar-refractivity contribution >= 4 is 34.9 Å². The number of carbonyl (C=O) groups is 1. The number of methoxy groups -OCH3 is 1. The highest BCUT2D eigenvalue weighted by atomic mass is 35.5. The maximum Gasteiger partial charge on any atom is 0.319 e. The number of hydrogen-bond donors (Lipinski definition) is 2. The van der Waals surface area contributed by atoms with Crippen LogP contribution in [0.1, 0.15) is 31.2 Å². The Morgan fingerprint density at radius 2 is 1.77 bits per heavy atom. The van der Waals surface area contributed by atoms with Gasteiger partial charge in [0.05, 0.1) is 17.2 Å². The second-order valence-electron chi connectivity index (χ2n) is 6.65. The van der Waals surface area contributed by atoms with Crippen LogP contribution >= 0.6 is 23.2 Å². The molecule has 1 aliphatic carbocycles. The molecule has 2 aromatic rings. The number of nitrogens with one attached hydrogen (secondary N) is 2. The van der Waals surface area contributed by atoms with Crippen LogP contribution in [0.4, 0.5) is 10.5 Å². The van der Waals surface area contributed by atoms with E-state index in [-0.39, 0.29) is 11.4 Å². The maximum absolute atomic E-state index is 12.3. The van der Waals surface area contributed by atoms with E-state index >= 15 is 0 Å². The third-order valence-corrected chi connectivity index (χ3v) is 5.77. The Kier molecular flexibility index (Phi) is 5.94. The van der Waals surface area contributed by atoms with Crippen LogP contribution in [0.5, 0.6) is 5.75 Å². The molecule has 1 saturated carbocycles. The summed E-state index contributed by atoms with van der Waals surface area (Å²) in [6.07, 6.45) is 4.46. The van der Waals surface area contributed by atoms with Gasteiger partial charge in [0.1, 0.15) is 5.75 Å². The van der Waals surface area contributed by atoms with Gasteiger partial charge in [-0.1, -0.05) is 48.2 Å². The van der Waals surface area contributed by atoms with Crippen LogP contribution in [-0.4, -0.2) is 19.7 Å². The third-order valence-electron chi connectivity index (χ3n) is 5.03. The molecule has 2 aromatic carbocycles. The molecule has 0 unspecified atom stereocenters. The summed E-state index contributed by atoms with van der Waals surface area (Å²) < 4.78 is 5.25. The molecule has 1 fully saturated rings. The van der Waals surface area contributed by atoms with Gasteiger partial charge in [0.15, 0.2) is 0 Å². The Hall–Kier alpha value is -1.91. The van der Waals surface area contributed by atoms with E-state index in [1.54, 1.807) is 25.3 Å². The van der Waals surface area contributed by atoms with Gasteiger partial charge in [-0.2, -0.15) is 0 Å². The van der Waals surface area contributed by atoms with Crippen molar-refractivity contribution in [2.75, 3.05) is 19.0 Å². The van der Waals surface area contributed by atoms with Crippen molar-refractivity contribution in [1.29, 1.82) is 0 Å². The predicted molar refractivity (Wildman–Crippen MR) is 107 cm³/mol.